The van der Waals surface area contributed by atoms with Crippen LogP contribution in [0.1, 0.15) is 51.5 Å². The zero-order valence-electron chi connectivity index (χ0n) is 18.8. The summed E-state index contributed by atoms with van der Waals surface area (Å²) in [4.78, 5) is 17.2. The number of allylic oxidation sites excluding steroid dienone is 1. The molecule has 1 heterocycles. The Morgan fingerprint density at radius 1 is 1.03 bits per heavy atom. The Hall–Kier alpha value is -2.25. The first kappa shape index (κ1) is 26.8. The van der Waals surface area contributed by atoms with E-state index in [9.17, 15) is 18.0 Å². The first-order chi connectivity index (χ1) is 16.9. The van der Waals surface area contributed by atoms with Crippen LogP contribution in [0, 0.1) is 6.92 Å². The quantitative estimate of drug-likeness (QED) is 0.299. The van der Waals surface area contributed by atoms with E-state index in [1.54, 1.807) is 6.20 Å². The molecule has 0 bridgehead atoms. The lowest BCUT2D eigenvalue weighted by molar-refractivity contribution is -0.139. The molecular weight excluding hydrogens is 555 g/mol. The highest BCUT2D eigenvalue weighted by atomic mass is 35.5. The third-order valence-electron chi connectivity index (χ3n) is 6.00. The zero-order chi connectivity index (χ0) is 26.3. The van der Waals surface area contributed by atoms with E-state index < -0.39 is 17.6 Å². The Morgan fingerprint density at radius 3 is 2.22 bits per heavy atom. The molecule has 36 heavy (non-hydrogen) atoms. The van der Waals surface area contributed by atoms with Crippen LogP contribution in [0.4, 0.5) is 13.2 Å². The minimum absolute atomic E-state index is 0.0146. The Kier molecular flexibility index (Phi) is 7.63. The number of carbonyl (C=O) groups excluding carboxylic acids is 1. The van der Waals surface area contributed by atoms with E-state index in [1.165, 1.54) is 24.3 Å². The maximum atomic E-state index is 13.8. The van der Waals surface area contributed by atoms with Crippen LogP contribution in [0.15, 0.2) is 54.7 Å². The third kappa shape index (κ3) is 5.83. The lowest BCUT2D eigenvalue weighted by Crippen LogP contribution is -2.35. The van der Waals surface area contributed by atoms with Crippen LogP contribution in [0.3, 0.4) is 0 Å². The van der Waals surface area contributed by atoms with Crippen molar-refractivity contribution in [2.75, 3.05) is 0 Å². The second-order valence-corrected chi connectivity index (χ2v) is 10.2. The van der Waals surface area contributed by atoms with Crippen molar-refractivity contribution in [1.29, 1.82) is 0 Å². The van der Waals surface area contributed by atoms with Crippen LogP contribution < -0.4 is 5.32 Å². The largest absolute Gasteiger partial charge is 0.399 e. The fourth-order valence-electron chi connectivity index (χ4n) is 3.84. The van der Waals surface area contributed by atoms with Crippen molar-refractivity contribution in [3.05, 3.63) is 103 Å². The molecular formula is C26H19Cl4F3N2O. The maximum absolute atomic E-state index is 13.8. The molecule has 1 N–H and O–H groups in total. The molecule has 10 heteroatoms. The van der Waals surface area contributed by atoms with Crippen molar-refractivity contribution < 1.29 is 18.0 Å². The monoisotopic (exact) mass is 572 g/mol. The van der Waals surface area contributed by atoms with Gasteiger partial charge < -0.3 is 5.32 Å². The fraction of sp³-hybridized carbons (Fsp3) is 0.231. The second-order valence-electron chi connectivity index (χ2n) is 8.64. The number of carbonyl (C=O) groups is 1. The Labute approximate surface area is 226 Å². The van der Waals surface area contributed by atoms with Gasteiger partial charge in [-0.1, -0.05) is 70.7 Å². The summed E-state index contributed by atoms with van der Waals surface area (Å²) in [5, 5.41) is 2.98. The van der Waals surface area contributed by atoms with Crippen LogP contribution >= 0.6 is 46.4 Å². The van der Waals surface area contributed by atoms with E-state index in [2.05, 4.69) is 10.3 Å². The van der Waals surface area contributed by atoms with Crippen LogP contribution in [-0.4, -0.2) is 17.1 Å². The normalized spacial score (nSPS) is 15.7. The smallest absolute Gasteiger partial charge is 0.342 e. The second kappa shape index (κ2) is 10.3. The van der Waals surface area contributed by atoms with E-state index in [4.69, 9.17) is 46.4 Å². The Bertz CT molecular complexity index is 1310. The van der Waals surface area contributed by atoms with Gasteiger partial charge in [0.1, 0.15) is 0 Å². The topological polar surface area (TPSA) is 42.0 Å². The van der Waals surface area contributed by atoms with E-state index in [-0.39, 0.29) is 37.1 Å². The summed E-state index contributed by atoms with van der Waals surface area (Å²) in [7, 11) is 0. The van der Waals surface area contributed by atoms with Gasteiger partial charge >= 0.3 is 6.18 Å². The standard InChI is InChI=1S/C26H19Cl4F3N2O/c1-14-2-5-17(13-34-14)25(8-9-25)35-24(36)18-6-3-15(10-20(18)27)4-7-19(26(31,32)33)16-11-21(28)23(30)22(29)12-16/h2-7,10-13,19H,8-9H2,1H3,(H,35,36)/b7-4+. The van der Waals surface area contributed by atoms with Gasteiger partial charge in [-0.2, -0.15) is 13.2 Å². The van der Waals surface area contributed by atoms with Gasteiger partial charge in [-0.3, -0.25) is 9.78 Å². The minimum atomic E-state index is -4.61. The number of hydrogen-bond acceptors (Lipinski definition) is 2. The fourth-order valence-corrected chi connectivity index (χ4v) is 4.72. The molecule has 1 amide bonds. The summed E-state index contributed by atoms with van der Waals surface area (Å²) in [6.45, 7) is 1.88. The average molecular weight is 574 g/mol. The van der Waals surface area contributed by atoms with E-state index >= 15 is 0 Å². The van der Waals surface area contributed by atoms with Gasteiger partial charge in [0, 0.05) is 11.9 Å². The molecule has 3 aromatic rings. The number of aromatic nitrogens is 1. The van der Waals surface area contributed by atoms with Crippen molar-refractivity contribution in [3.63, 3.8) is 0 Å². The number of amides is 1. The van der Waals surface area contributed by atoms with Crippen LogP contribution in [0.25, 0.3) is 6.08 Å². The number of hydrogen-bond donors (Lipinski definition) is 1. The molecule has 0 radical (unpaired) electrons. The number of alkyl halides is 3. The predicted molar refractivity (Wildman–Crippen MR) is 138 cm³/mol. The SMILES string of the molecule is Cc1ccc(C2(NC(=O)c3ccc(/C=C/C(c4cc(Cl)c(Cl)c(Cl)c4)C(F)(F)F)cc3Cl)CC2)cn1. The highest BCUT2D eigenvalue weighted by molar-refractivity contribution is 6.48. The molecule has 1 atom stereocenters. The number of rotatable bonds is 6. The van der Waals surface area contributed by atoms with Crippen LogP contribution in [0.5, 0.6) is 0 Å². The predicted octanol–water partition coefficient (Wildman–Crippen LogP) is 8.78. The van der Waals surface area contributed by atoms with Gasteiger partial charge in [-0.15, -0.1) is 0 Å². The number of pyridine rings is 1. The molecule has 2 aromatic carbocycles. The molecule has 1 unspecified atom stereocenters. The van der Waals surface area contributed by atoms with Gasteiger partial charge in [-0.05, 0) is 66.8 Å². The van der Waals surface area contributed by atoms with E-state index in [0.29, 0.717) is 5.56 Å². The molecule has 4 rings (SSSR count). The highest BCUT2D eigenvalue weighted by Crippen LogP contribution is 2.46. The average Bonchev–Trinajstić information content (AvgIpc) is 3.57. The van der Waals surface area contributed by atoms with Crippen LogP contribution in [0.2, 0.25) is 20.1 Å². The van der Waals surface area contributed by atoms with Gasteiger partial charge in [0.15, 0.2) is 0 Å². The van der Waals surface area contributed by atoms with Crippen molar-refractivity contribution >= 4 is 58.4 Å². The highest BCUT2D eigenvalue weighted by Gasteiger charge is 2.46. The van der Waals surface area contributed by atoms with Crippen molar-refractivity contribution in [2.45, 2.75) is 37.4 Å². The van der Waals surface area contributed by atoms with Gasteiger partial charge in [0.2, 0.25) is 0 Å². The van der Waals surface area contributed by atoms with Crippen molar-refractivity contribution in [1.82, 2.24) is 10.3 Å². The molecule has 0 aliphatic heterocycles. The van der Waals surface area contributed by atoms with E-state index in [0.717, 1.165) is 42.3 Å². The number of halogens is 7. The number of nitrogens with zero attached hydrogens (tertiary/aromatic N) is 1. The van der Waals surface area contributed by atoms with Crippen molar-refractivity contribution in [3.8, 4) is 0 Å². The number of aryl methyl sites for hydroxylation is 1. The minimum Gasteiger partial charge on any atom is -0.342 e. The maximum Gasteiger partial charge on any atom is 0.399 e. The Balaban J connectivity index is 1.54. The lowest BCUT2D eigenvalue weighted by atomic mass is 9.97. The first-order valence-electron chi connectivity index (χ1n) is 10.8. The molecule has 1 aliphatic rings. The number of nitrogens with one attached hydrogen (secondary N) is 1. The Morgan fingerprint density at radius 2 is 1.69 bits per heavy atom. The third-order valence-corrected chi connectivity index (χ3v) is 7.51. The molecule has 188 valence electrons. The van der Waals surface area contributed by atoms with Gasteiger partial charge in [0.25, 0.3) is 5.91 Å². The summed E-state index contributed by atoms with van der Waals surface area (Å²) in [6.07, 6.45) is 0.951. The summed E-state index contributed by atoms with van der Waals surface area (Å²) < 4.78 is 41.4. The molecule has 1 aliphatic carbocycles. The molecule has 1 fully saturated rings. The van der Waals surface area contributed by atoms with Crippen molar-refractivity contribution in [2.24, 2.45) is 0 Å². The lowest BCUT2D eigenvalue weighted by Gasteiger charge is -2.19. The van der Waals surface area contributed by atoms with Gasteiger partial charge in [-0.25, -0.2) is 0 Å². The molecule has 1 aromatic heterocycles. The molecule has 0 saturated heterocycles. The van der Waals surface area contributed by atoms with Gasteiger partial charge in [0.05, 0.1) is 37.1 Å². The number of benzene rings is 2. The first-order valence-corrected chi connectivity index (χ1v) is 12.4. The summed E-state index contributed by atoms with van der Waals surface area (Å²) in [5.74, 6) is -2.35. The molecule has 3 nitrogen and oxygen atoms in total. The summed E-state index contributed by atoms with van der Waals surface area (Å²) >= 11 is 24.1. The van der Waals surface area contributed by atoms with Crippen LogP contribution in [-0.2, 0) is 5.54 Å². The zero-order valence-corrected chi connectivity index (χ0v) is 21.8. The molecule has 1 saturated carbocycles. The summed E-state index contributed by atoms with van der Waals surface area (Å²) in [6, 6.07) is 10.5. The summed E-state index contributed by atoms with van der Waals surface area (Å²) in [5.41, 5.74) is 1.77. The van der Waals surface area contributed by atoms with E-state index in [1.807, 2.05) is 19.1 Å². The molecule has 0 spiro atoms.